The predicted molar refractivity (Wildman–Crippen MR) is 88.0 cm³/mol. The molecule has 0 saturated heterocycles. The van der Waals surface area contributed by atoms with E-state index in [1.807, 2.05) is 13.2 Å². The van der Waals surface area contributed by atoms with Crippen molar-refractivity contribution < 1.29 is 9.21 Å². The lowest BCUT2D eigenvalue weighted by molar-refractivity contribution is 0.0947. The molecule has 5 nitrogen and oxygen atoms in total. The molecular weight excluding hydrogens is 298 g/mol. The lowest BCUT2D eigenvalue weighted by Crippen LogP contribution is -2.27. The average Bonchev–Trinajstić information content (AvgIpc) is 2.99. The summed E-state index contributed by atoms with van der Waals surface area (Å²) in [5.41, 5.74) is 1.21. The lowest BCUT2D eigenvalue weighted by atomic mass is 10.1. The lowest BCUT2D eigenvalue weighted by Gasteiger charge is -2.12. The van der Waals surface area contributed by atoms with E-state index in [1.54, 1.807) is 18.4 Å². The molecule has 0 aliphatic heterocycles. The van der Waals surface area contributed by atoms with E-state index in [0.717, 1.165) is 6.42 Å². The Labute approximate surface area is 134 Å². The summed E-state index contributed by atoms with van der Waals surface area (Å²) in [5.74, 6) is 1.54. The van der Waals surface area contributed by atoms with E-state index in [0.29, 0.717) is 40.3 Å². The summed E-state index contributed by atoms with van der Waals surface area (Å²) in [5, 5.41) is 3.61. The van der Waals surface area contributed by atoms with Crippen molar-refractivity contribution in [3.05, 3.63) is 29.7 Å². The number of nitrogens with zero attached hydrogens (tertiary/aromatic N) is 2. The maximum atomic E-state index is 12.4. The molecule has 0 aromatic carbocycles. The second kappa shape index (κ2) is 7.45. The normalized spacial score (nSPS) is 11.0. The van der Waals surface area contributed by atoms with Crippen LogP contribution in [0.15, 0.2) is 27.8 Å². The first-order valence-electron chi connectivity index (χ1n) is 7.27. The molecule has 0 radical (unpaired) electrons. The van der Waals surface area contributed by atoms with Crippen molar-refractivity contribution in [1.82, 2.24) is 15.3 Å². The molecule has 22 heavy (non-hydrogen) atoms. The van der Waals surface area contributed by atoms with Crippen molar-refractivity contribution in [3.8, 4) is 11.6 Å². The van der Waals surface area contributed by atoms with Crippen LogP contribution in [0.3, 0.4) is 0 Å². The fourth-order valence-corrected chi connectivity index (χ4v) is 2.66. The highest BCUT2D eigenvalue weighted by atomic mass is 32.2. The fourth-order valence-electron chi connectivity index (χ4n) is 2.03. The zero-order chi connectivity index (χ0) is 16.1. The molecule has 2 heterocycles. The molecule has 2 aromatic heterocycles. The van der Waals surface area contributed by atoms with Crippen LogP contribution in [-0.4, -0.2) is 28.7 Å². The van der Waals surface area contributed by atoms with Gasteiger partial charge in [0, 0.05) is 6.54 Å². The molecule has 2 aromatic rings. The van der Waals surface area contributed by atoms with E-state index in [-0.39, 0.29) is 5.91 Å². The first kappa shape index (κ1) is 16.5. The highest BCUT2D eigenvalue weighted by Gasteiger charge is 2.19. The quantitative estimate of drug-likeness (QED) is 0.651. The van der Waals surface area contributed by atoms with Crippen LogP contribution >= 0.6 is 11.8 Å². The van der Waals surface area contributed by atoms with Gasteiger partial charge in [-0.3, -0.25) is 4.79 Å². The summed E-state index contributed by atoms with van der Waals surface area (Å²) in [7, 11) is 0. The number of aryl methyl sites for hydroxylation is 1. The van der Waals surface area contributed by atoms with Gasteiger partial charge in [0.1, 0.15) is 5.03 Å². The Balaban J connectivity index is 2.26. The van der Waals surface area contributed by atoms with Gasteiger partial charge in [0.2, 0.25) is 0 Å². The molecule has 0 spiro atoms. The van der Waals surface area contributed by atoms with Crippen LogP contribution in [0.25, 0.3) is 11.6 Å². The van der Waals surface area contributed by atoms with Crippen LogP contribution in [0.4, 0.5) is 0 Å². The molecule has 0 atom stereocenters. The summed E-state index contributed by atoms with van der Waals surface area (Å²) >= 11 is 1.44. The Hall–Kier alpha value is -1.82. The maximum absolute atomic E-state index is 12.4. The van der Waals surface area contributed by atoms with Crippen molar-refractivity contribution in [3.63, 3.8) is 0 Å². The minimum Gasteiger partial charge on any atom is -0.461 e. The monoisotopic (exact) mass is 319 g/mol. The zero-order valence-electron chi connectivity index (χ0n) is 13.3. The molecule has 0 saturated carbocycles. The number of carbonyl (C=O) groups excluding carboxylic acids is 1. The molecule has 6 heteroatoms. The van der Waals surface area contributed by atoms with Gasteiger partial charge in [-0.15, -0.1) is 11.8 Å². The molecule has 2 rings (SSSR count). The average molecular weight is 319 g/mol. The summed E-state index contributed by atoms with van der Waals surface area (Å²) < 4.78 is 5.33. The van der Waals surface area contributed by atoms with Gasteiger partial charge in [0.05, 0.1) is 17.5 Å². The van der Waals surface area contributed by atoms with E-state index < -0.39 is 0 Å². The van der Waals surface area contributed by atoms with E-state index in [4.69, 9.17) is 4.42 Å². The molecule has 0 bridgehead atoms. The zero-order valence-corrected chi connectivity index (χ0v) is 14.2. The number of thioether (sulfide) groups is 1. The minimum atomic E-state index is -0.117. The van der Waals surface area contributed by atoms with Gasteiger partial charge in [0.25, 0.3) is 5.91 Å². The number of nitrogens with one attached hydrogen (secondary N) is 1. The molecular formula is C16H21N3O2S. The van der Waals surface area contributed by atoms with Crippen molar-refractivity contribution in [1.29, 1.82) is 0 Å². The Morgan fingerprint density at radius 1 is 1.41 bits per heavy atom. The van der Waals surface area contributed by atoms with Gasteiger partial charge in [-0.1, -0.05) is 13.8 Å². The third-order valence-corrected chi connectivity index (χ3v) is 3.91. The molecule has 0 aliphatic carbocycles. The van der Waals surface area contributed by atoms with E-state index in [1.165, 1.54) is 11.8 Å². The summed E-state index contributed by atoms with van der Waals surface area (Å²) in [4.78, 5) is 21.3. The first-order chi connectivity index (χ1) is 10.5. The Morgan fingerprint density at radius 2 is 2.18 bits per heavy atom. The number of aromatic nitrogens is 2. The van der Waals surface area contributed by atoms with Crippen molar-refractivity contribution in [2.24, 2.45) is 5.92 Å². The van der Waals surface area contributed by atoms with Crippen molar-refractivity contribution >= 4 is 17.7 Å². The Kier molecular flexibility index (Phi) is 5.60. The third-order valence-electron chi connectivity index (χ3n) is 3.23. The van der Waals surface area contributed by atoms with Crippen LogP contribution in [0.5, 0.6) is 0 Å². The first-order valence-corrected chi connectivity index (χ1v) is 8.50. The van der Waals surface area contributed by atoms with Crippen LogP contribution in [-0.2, 0) is 0 Å². The van der Waals surface area contributed by atoms with E-state index in [9.17, 15) is 4.79 Å². The Bertz CT molecular complexity index is 639. The molecule has 0 unspecified atom stereocenters. The third kappa shape index (κ3) is 3.88. The maximum Gasteiger partial charge on any atom is 0.255 e. The van der Waals surface area contributed by atoms with Gasteiger partial charge in [-0.25, -0.2) is 9.97 Å². The van der Waals surface area contributed by atoms with Gasteiger partial charge in [-0.2, -0.15) is 0 Å². The number of rotatable bonds is 6. The fraction of sp³-hybridized carbons (Fsp3) is 0.438. The summed E-state index contributed by atoms with van der Waals surface area (Å²) in [6, 6.07) is 3.60. The molecule has 0 fully saturated rings. The van der Waals surface area contributed by atoms with Gasteiger partial charge < -0.3 is 9.73 Å². The van der Waals surface area contributed by atoms with Crippen LogP contribution in [0, 0.1) is 12.8 Å². The highest BCUT2D eigenvalue weighted by Crippen LogP contribution is 2.25. The molecule has 1 N–H and O–H groups in total. The van der Waals surface area contributed by atoms with E-state index in [2.05, 4.69) is 29.1 Å². The van der Waals surface area contributed by atoms with Gasteiger partial charge in [0.15, 0.2) is 11.6 Å². The number of amides is 1. The smallest absolute Gasteiger partial charge is 0.255 e. The van der Waals surface area contributed by atoms with Crippen molar-refractivity contribution in [2.45, 2.75) is 32.2 Å². The highest BCUT2D eigenvalue weighted by molar-refractivity contribution is 7.98. The predicted octanol–water partition coefficient (Wildman–Crippen LogP) is 3.54. The standard InChI is InChI=1S/C16H21N3O2S/c1-10(2)7-8-17-15(20)13-11(3)18-14(19-16(13)22-4)12-6-5-9-21-12/h5-6,9-10H,7-8H2,1-4H3,(H,17,20). The van der Waals surface area contributed by atoms with Gasteiger partial charge >= 0.3 is 0 Å². The topological polar surface area (TPSA) is 68.0 Å². The molecule has 118 valence electrons. The summed E-state index contributed by atoms with van der Waals surface area (Å²) in [6.07, 6.45) is 4.43. The summed E-state index contributed by atoms with van der Waals surface area (Å²) in [6.45, 7) is 6.74. The largest absolute Gasteiger partial charge is 0.461 e. The number of carbonyl (C=O) groups is 1. The van der Waals surface area contributed by atoms with Gasteiger partial charge in [-0.05, 0) is 37.7 Å². The molecule has 1 amide bonds. The van der Waals surface area contributed by atoms with Crippen LogP contribution < -0.4 is 5.32 Å². The number of hydrogen-bond donors (Lipinski definition) is 1. The number of hydrogen-bond acceptors (Lipinski definition) is 5. The SMILES string of the molecule is CSc1nc(-c2ccco2)nc(C)c1C(=O)NCCC(C)C. The Morgan fingerprint density at radius 3 is 2.77 bits per heavy atom. The molecule has 0 aliphatic rings. The van der Waals surface area contributed by atoms with Crippen LogP contribution in [0.1, 0.15) is 36.3 Å². The minimum absolute atomic E-state index is 0.117. The second-order valence-electron chi connectivity index (χ2n) is 5.43. The van der Waals surface area contributed by atoms with Crippen LogP contribution in [0.2, 0.25) is 0 Å². The number of furan rings is 1. The second-order valence-corrected chi connectivity index (χ2v) is 6.23. The van der Waals surface area contributed by atoms with E-state index >= 15 is 0 Å². The van der Waals surface area contributed by atoms with Crippen molar-refractivity contribution in [2.75, 3.05) is 12.8 Å².